The molecule has 1 aliphatic rings. The minimum Gasteiger partial charge on any atom is -0.490 e. The average Bonchev–Trinajstić information content (AvgIpc) is 3.21. The quantitative estimate of drug-likeness (QED) is 0.613. The molecule has 0 aromatic heterocycles. The van der Waals surface area contributed by atoms with Crippen LogP contribution in [0.15, 0.2) is 41.3 Å². The third-order valence-electron chi connectivity index (χ3n) is 4.83. The zero-order valence-corrected chi connectivity index (χ0v) is 18.3. The molecule has 10 heteroatoms. The molecule has 1 N–H and O–H groups in total. The summed E-state index contributed by atoms with van der Waals surface area (Å²) >= 11 is 0. The van der Waals surface area contributed by atoms with Crippen molar-refractivity contribution in [1.29, 1.82) is 0 Å². The molecule has 31 heavy (non-hydrogen) atoms. The third-order valence-corrected chi connectivity index (χ3v) is 6.25. The molecule has 1 aliphatic heterocycles. The summed E-state index contributed by atoms with van der Waals surface area (Å²) in [5, 5.41) is 0. The molecular formula is C21H24N2O7S. The van der Waals surface area contributed by atoms with E-state index in [1.807, 2.05) is 0 Å². The second-order valence-electron chi connectivity index (χ2n) is 6.66. The number of carbonyl (C=O) groups excluding carboxylic acids is 2. The first-order valence-corrected chi connectivity index (χ1v) is 11.1. The minimum absolute atomic E-state index is 0.161. The van der Waals surface area contributed by atoms with E-state index in [9.17, 15) is 18.0 Å². The van der Waals surface area contributed by atoms with Gasteiger partial charge in [0.2, 0.25) is 10.0 Å². The van der Waals surface area contributed by atoms with Gasteiger partial charge >= 0.3 is 5.97 Å². The monoisotopic (exact) mass is 448 g/mol. The molecule has 0 saturated carbocycles. The third kappa shape index (κ3) is 4.80. The molecule has 0 spiro atoms. The summed E-state index contributed by atoms with van der Waals surface area (Å²) in [5.74, 6) is -0.112. The van der Waals surface area contributed by atoms with E-state index in [-0.39, 0.29) is 17.4 Å². The van der Waals surface area contributed by atoms with Crippen molar-refractivity contribution in [3.8, 4) is 11.5 Å². The number of rotatable bonds is 8. The second kappa shape index (κ2) is 9.36. The van der Waals surface area contributed by atoms with Crippen LogP contribution in [0.1, 0.15) is 22.8 Å². The van der Waals surface area contributed by atoms with E-state index < -0.39 is 16.0 Å². The molecule has 2 aromatic rings. The van der Waals surface area contributed by atoms with Gasteiger partial charge in [0.15, 0.2) is 18.1 Å². The van der Waals surface area contributed by atoms with E-state index in [0.717, 1.165) is 5.56 Å². The smallest absolute Gasteiger partial charge is 0.343 e. The zero-order chi connectivity index (χ0) is 22.6. The van der Waals surface area contributed by atoms with Gasteiger partial charge in [0, 0.05) is 17.8 Å². The van der Waals surface area contributed by atoms with E-state index in [1.54, 1.807) is 42.2 Å². The topological polar surface area (TPSA) is 111 Å². The van der Waals surface area contributed by atoms with Gasteiger partial charge in [0.05, 0.1) is 18.6 Å². The van der Waals surface area contributed by atoms with Crippen LogP contribution in [-0.4, -0.2) is 54.2 Å². The minimum atomic E-state index is -3.56. The number of esters is 1. The highest BCUT2D eigenvalue weighted by atomic mass is 32.2. The van der Waals surface area contributed by atoms with Crippen LogP contribution in [0.5, 0.6) is 11.5 Å². The van der Waals surface area contributed by atoms with E-state index >= 15 is 0 Å². The summed E-state index contributed by atoms with van der Waals surface area (Å²) in [5.41, 5.74) is 1.84. The SMILES string of the molecule is CCOc1cc(C(=O)N2CCc3cc(S(=O)(=O)NC)ccc32)ccc1OCC(=O)OC. The number of fused-ring (bicyclic) bond motifs is 1. The maximum Gasteiger partial charge on any atom is 0.343 e. The Morgan fingerprint density at radius 1 is 1.10 bits per heavy atom. The summed E-state index contributed by atoms with van der Waals surface area (Å²) < 4.78 is 41.9. The lowest BCUT2D eigenvalue weighted by Crippen LogP contribution is -2.29. The van der Waals surface area contributed by atoms with Gasteiger partial charge < -0.3 is 19.1 Å². The first kappa shape index (κ1) is 22.6. The summed E-state index contributed by atoms with van der Waals surface area (Å²) in [4.78, 5) is 26.3. The molecule has 9 nitrogen and oxygen atoms in total. The molecule has 0 atom stereocenters. The Bertz CT molecular complexity index is 1100. The second-order valence-corrected chi connectivity index (χ2v) is 8.55. The predicted octanol–water partition coefficient (Wildman–Crippen LogP) is 1.75. The van der Waals surface area contributed by atoms with Crippen molar-refractivity contribution in [2.75, 3.05) is 38.8 Å². The van der Waals surface area contributed by atoms with Crippen LogP contribution in [0.25, 0.3) is 0 Å². The number of nitrogens with one attached hydrogen (secondary N) is 1. The number of ether oxygens (including phenoxy) is 3. The van der Waals surface area contributed by atoms with E-state index in [1.165, 1.54) is 20.2 Å². The number of sulfonamides is 1. The lowest BCUT2D eigenvalue weighted by molar-refractivity contribution is -0.142. The Labute approximate surface area is 181 Å². The summed E-state index contributed by atoms with van der Waals surface area (Å²) in [6.45, 7) is 2.30. The molecule has 0 bridgehead atoms. The van der Waals surface area contributed by atoms with Crippen molar-refractivity contribution in [2.45, 2.75) is 18.2 Å². The van der Waals surface area contributed by atoms with Crippen molar-refractivity contribution < 1.29 is 32.2 Å². The molecule has 0 aliphatic carbocycles. The normalized spacial score (nSPS) is 12.9. The van der Waals surface area contributed by atoms with E-state index in [0.29, 0.717) is 42.3 Å². The fourth-order valence-electron chi connectivity index (χ4n) is 3.25. The predicted molar refractivity (Wildman–Crippen MR) is 113 cm³/mol. The van der Waals surface area contributed by atoms with Crippen LogP contribution >= 0.6 is 0 Å². The summed E-state index contributed by atoms with van der Waals surface area (Å²) in [6, 6.07) is 9.43. The molecule has 0 fully saturated rings. The number of amides is 1. The highest BCUT2D eigenvalue weighted by molar-refractivity contribution is 7.89. The van der Waals surface area contributed by atoms with Gasteiger partial charge in [-0.15, -0.1) is 0 Å². The largest absolute Gasteiger partial charge is 0.490 e. The molecule has 2 aromatic carbocycles. The van der Waals surface area contributed by atoms with E-state index in [4.69, 9.17) is 9.47 Å². The molecule has 166 valence electrons. The maximum absolute atomic E-state index is 13.2. The number of hydrogen-bond acceptors (Lipinski definition) is 7. The lowest BCUT2D eigenvalue weighted by atomic mass is 10.1. The van der Waals surface area contributed by atoms with Gasteiger partial charge in [-0.1, -0.05) is 0 Å². The molecule has 0 radical (unpaired) electrons. The summed E-state index contributed by atoms with van der Waals surface area (Å²) in [6.07, 6.45) is 0.548. The number of benzene rings is 2. The standard InChI is InChI=1S/C21H24N2O7S/c1-4-29-19-12-15(5-8-18(19)30-13-20(24)28-3)21(25)23-10-9-14-11-16(6-7-17(14)23)31(26,27)22-2/h5-8,11-12,22H,4,9-10,13H2,1-3H3. The van der Waals surface area contributed by atoms with Crippen LogP contribution in [0.3, 0.4) is 0 Å². The van der Waals surface area contributed by atoms with Crippen LogP contribution < -0.4 is 19.1 Å². The van der Waals surface area contributed by atoms with Crippen molar-refractivity contribution in [3.63, 3.8) is 0 Å². The summed E-state index contributed by atoms with van der Waals surface area (Å²) in [7, 11) is -0.937. The number of hydrogen-bond donors (Lipinski definition) is 1. The first-order valence-electron chi connectivity index (χ1n) is 9.65. The number of methoxy groups -OCH3 is 1. The van der Waals surface area contributed by atoms with Gasteiger partial charge in [0.25, 0.3) is 5.91 Å². The van der Waals surface area contributed by atoms with Gasteiger partial charge in [-0.3, -0.25) is 4.79 Å². The van der Waals surface area contributed by atoms with Gasteiger partial charge in [-0.25, -0.2) is 17.9 Å². The maximum atomic E-state index is 13.2. The Hall–Kier alpha value is -3.11. The Kier molecular flexibility index (Phi) is 6.81. The number of nitrogens with zero attached hydrogens (tertiary/aromatic N) is 1. The Morgan fingerprint density at radius 3 is 2.55 bits per heavy atom. The molecule has 0 unspecified atom stereocenters. The van der Waals surface area contributed by atoms with Crippen LogP contribution in [0.4, 0.5) is 5.69 Å². The highest BCUT2D eigenvalue weighted by Gasteiger charge is 2.28. The Morgan fingerprint density at radius 2 is 1.87 bits per heavy atom. The highest BCUT2D eigenvalue weighted by Crippen LogP contribution is 2.33. The average molecular weight is 448 g/mol. The Balaban J connectivity index is 1.85. The molecular weight excluding hydrogens is 424 g/mol. The van der Waals surface area contributed by atoms with Crippen molar-refractivity contribution in [1.82, 2.24) is 4.72 Å². The van der Waals surface area contributed by atoms with Crippen molar-refractivity contribution in [3.05, 3.63) is 47.5 Å². The van der Waals surface area contributed by atoms with Gasteiger partial charge in [0.1, 0.15) is 0 Å². The van der Waals surface area contributed by atoms with Crippen molar-refractivity contribution >= 4 is 27.6 Å². The van der Waals surface area contributed by atoms with Crippen LogP contribution in [-0.2, 0) is 26.0 Å². The zero-order valence-electron chi connectivity index (χ0n) is 17.5. The number of anilines is 1. The number of carbonyl (C=O) groups is 2. The molecule has 0 saturated heterocycles. The van der Waals surface area contributed by atoms with Crippen molar-refractivity contribution in [2.24, 2.45) is 0 Å². The first-order chi connectivity index (χ1) is 14.8. The van der Waals surface area contributed by atoms with Crippen LogP contribution in [0.2, 0.25) is 0 Å². The van der Waals surface area contributed by atoms with E-state index in [2.05, 4.69) is 9.46 Å². The lowest BCUT2D eigenvalue weighted by Gasteiger charge is -2.19. The molecule has 3 rings (SSSR count). The molecule has 1 heterocycles. The van der Waals surface area contributed by atoms with Crippen LogP contribution in [0, 0.1) is 0 Å². The fourth-order valence-corrected chi connectivity index (χ4v) is 4.03. The van der Waals surface area contributed by atoms with Gasteiger partial charge in [-0.05, 0) is 62.4 Å². The molecule has 1 amide bonds. The van der Waals surface area contributed by atoms with Gasteiger partial charge in [-0.2, -0.15) is 0 Å². The fraction of sp³-hybridized carbons (Fsp3) is 0.333.